The summed E-state index contributed by atoms with van der Waals surface area (Å²) < 4.78 is 26.5. The standard InChI is InChI=1S/C14H9BrF2O/c1-8-7-9(16)5-6-10(8)14(18)11-3-2-4-12(17)13(11)15/h2-7H,1H3. The lowest BCUT2D eigenvalue weighted by Gasteiger charge is -2.07. The van der Waals surface area contributed by atoms with Gasteiger partial charge in [-0.2, -0.15) is 0 Å². The first-order valence-electron chi connectivity index (χ1n) is 5.25. The lowest BCUT2D eigenvalue weighted by atomic mass is 9.99. The predicted octanol–water partition coefficient (Wildman–Crippen LogP) is 4.27. The second-order valence-corrected chi connectivity index (χ2v) is 4.68. The van der Waals surface area contributed by atoms with E-state index in [0.29, 0.717) is 11.1 Å². The van der Waals surface area contributed by atoms with E-state index in [4.69, 9.17) is 0 Å². The summed E-state index contributed by atoms with van der Waals surface area (Å²) in [4.78, 5) is 12.2. The van der Waals surface area contributed by atoms with Crippen LogP contribution in [0.15, 0.2) is 40.9 Å². The third-order valence-electron chi connectivity index (χ3n) is 2.63. The van der Waals surface area contributed by atoms with E-state index in [9.17, 15) is 13.6 Å². The number of benzene rings is 2. The zero-order valence-electron chi connectivity index (χ0n) is 9.51. The van der Waals surface area contributed by atoms with E-state index in [2.05, 4.69) is 15.9 Å². The van der Waals surface area contributed by atoms with Gasteiger partial charge in [-0.15, -0.1) is 0 Å². The monoisotopic (exact) mass is 310 g/mol. The number of carbonyl (C=O) groups is 1. The van der Waals surface area contributed by atoms with E-state index in [0.717, 1.165) is 0 Å². The molecule has 1 nitrogen and oxygen atoms in total. The molecule has 0 aromatic heterocycles. The van der Waals surface area contributed by atoms with Gasteiger partial charge < -0.3 is 0 Å². The van der Waals surface area contributed by atoms with Gasteiger partial charge >= 0.3 is 0 Å². The number of hydrogen-bond acceptors (Lipinski definition) is 1. The second-order valence-electron chi connectivity index (χ2n) is 3.89. The summed E-state index contributed by atoms with van der Waals surface area (Å²) in [5.74, 6) is -1.23. The Hall–Kier alpha value is -1.55. The smallest absolute Gasteiger partial charge is 0.194 e. The van der Waals surface area contributed by atoms with Crippen LogP contribution >= 0.6 is 15.9 Å². The predicted molar refractivity (Wildman–Crippen MR) is 68.7 cm³/mol. The first kappa shape index (κ1) is 12.9. The topological polar surface area (TPSA) is 17.1 Å². The second kappa shape index (κ2) is 4.98. The molecule has 0 spiro atoms. The molecular formula is C14H9BrF2O. The number of carbonyl (C=O) groups excluding carboxylic acids is 1. The van der Waals surface area contributed by atoms with Crippen LogP contribution in [-0.2, 0) is 0 Å². The van der Waals surface area contributed by atoms with E-state index in [1.165, 1.54) is 36.4 Å². The average molecular weight is 311 g/mol. The highest BCUT2D eigenvalue weighted by Crippen LogP contribution is 2.24. The number of halogens is 3. The Balaban J connectivity index is 2.51. The normalized spacial score (nSPS) is 10.4. The number of aryl methyl sites for hydroxylation is 1. The molecule has 0 amide bonds. The van der Waals surface area contributed by atoms with Crippen molar-refractivity contribution in [2.24, 2.45) is 0 Å². The fraction of sp³-hybridized carbons (Fsp3) is 0.0714. The first-order chi connectivity index (χ1) is 8.50. The molecule has 0 unspecified atom stereocenters. The zero-order valence-corrected chi connectivity index (χ0v) is 11.1. The summed E-state index contributed by atoms with van der Waals surface area (Å²) in [6.45, 7) is 1.64. The van der Waals surface area contributed by atoms with Crippen LogP contribution in [0, 0.1) is 18.6 Å². The Morgan fingerprint density at radius 2 is 1.83 bits per heavy atom. The van der Waals surface area contributed by atoms with Crippen molar-refractivity contribution in [2.75, 3.05) is 0 Å². The number of hydrogen-bond donors (Lipinski definition) is 0. The third-order valence-corrected chi connectivity index (χ3v) is 3.44. The number of ketones is 1. The Morgan fingerprint density at radius 1 is 1.11 bits per heavy atom. The fourth-order valence-corrected chi connectivity index (χ4v) is 2.15. The zero-order chi connectivity index (χ0) is 13.3. The molecule has 4 heteroatoms. The van der Waals surface area contributed by atoms with Gasteiger partial charge in [0.05, 0.1) is 4.47 Å². The molecule has 92 valence electrons. The molecule has 0 saturated carbocycles. The highest BCUT2D eigenvalue weighted by Gasteiger charge is 2.16. The van der Waals surface area contributed by atoms with Crippen molar-refractivity contribution >= 4 is 21.7 Å². The van der Waals surface area contributed by atoms with E-state index in [1.54, 1.807) is 6.92 Å². The van der Waals surface area contributed by atoms with Gasteiger partial charge in [0.15, 0.2) is 5.78 Å². The van der Waals surface area contributed by atoms with E-state index < -0.39 is 11.6 Å². The van der Waals surface area contributed by atoms with Gasteiger partial charge in [0.1, 0.15) is 11.6 Å². The fourth-order valence-electron chi connectivity index (χ4n) is 1.71. The van der Waals surface area contributed by atoms with E-state index in [1.807, 2.05) is 0 Å². The molecule has 2 aromatic rings. The molecule has 0 saturated heterocycles. The van der Waals surface area contributed by atoms with Crippen LogP contribution in [0.3, 0.4) is 0 Å². The van der Waals surface area contributed by atoms with Crippen molar-refractivity contribution in [1.29, 1.82) is 0 Å². The van der Waals surface area contributed by atoms with Gasteiger partial charge in [-0.3, -0.25) is 4.79 Å². The molecule has 0 bridgehead atoms. The molecule has 0 atom stereocenters. The lowest BCUT2D eigenvalue weighted by Crippen LogP contribution is -2.05. The summed E-state index contributed by atoms with van der Waals surface area (Å²) >= 11 is 3.05. The van der Waals surface area contributed by atoms with Gasteiger partial charge in [-0.25, -0.2) is 8.78 Å². The highest BCUT2D eigenvalue weighted by molar-refractivity contribution is 9.10. The van der Waals surface area contributed by atoms with E-state index >= 15 is 0 Å². The van der Waals surface area contributed by atoms with Gasteiger partial charge in [-0.05, 0) is 58.7 Å². The summed E-state index contributed by atoms with van der Waals surface area (Å²) in [6, 6.07) is 8.15. The van der Waals surface area contributed by atoms with Crippen LogP contribution in [0.1, 0.15) is 21.5 Å². The van der Waals surface area contributed by atoms with Crippen LogP contribution in [0.25, 0.3) is 0 Å². The Bertz CT molecular complexity index is 623. The molecule has 0 aliphatic rings. The van der Waals surface area contributed by atoms with Gasteiger partial charge in [0, 0.05) is 11.1 Å². The van der Waals surface area contributed by atoms with Crippen molar-refractivity contribution in [3.05, 3.63) is 69.2 Å². The summed E-state index contributed by atoms with van der Waals surface area (Å²) in [7, 11) is 0. The quantitative estimate of drug-likeness (QED) is 0.757. The maximum Gasteiger partial charge on any atom is 0.194 e. The number of rotatable bonds is 2. The van der Waals surface area contributed by atoms with Crippen LogP contribution in [-0.4, -0.2) is 5.78 Å². The van der Waals surface area contributed by atoms with Crippen molar-refractivity contribution in [2.45, 2.75) is 6.92 Å². The molecule has 18 heavy (non-hydrogen) atoms. The summed E-state index contributed by atoms with van der Waals surface area (Å²) in [6.07, 6.45) is 0. The molecule has 0 N–H and O–H groups in total. The third kappa shape index (κ3) is 2.34. The van der Waals surface area contributed by atoms with Crippen molar-refractivity contribution in [3.8, 4) is 0 Å². The van der Waals surface area contributed by atoms with Gasteiger partial charge in [-0.1, -0.05) is 6.07 Å². The average Bonchev–Trinajstić information content (AvgIpc) is 2.32. The maximum absolute atomic E-state index is 13.4. The lowest BCUT2D eigenvalue weighted by molar-refractivity contribution is 0.103. The van der Waals surface area contributed by atoms with Gasteiger partial charge in [0.25, 0.3) is 0 Å². The van der Waals surface area contributed by atoms with Crippen LogP contribution in [0.5, 0.6) is 0 Å². The Labute approximate surface area is 112 Å². The molecule has 2 rings (SSSR count). The van der Waals surface area contributed by atoms with Gasteiger partial charge in [0.2, 0.25) is 0 Å². The van der Waals surface area contributed by atoms with Crippen LogP contribution in [0.4, 0.5) is 8.78 Å². The van der Waals surface area contributed by atoms with Crippen LogP contribution < -0.4 is 0 Å². The maximum atomic E-state index is 13.4. The largest absolute Gasteiger partial charge is 0.289 e. The Morgan fingerprint density at radius 3 is 2.50 bits per heavy atom. The van der Waals surface area contributed by atoms with Crippen molar-refractivity contribution < 1.29 is 13.6 Å². The highest BCUT2D eigenvalue weighted by atomic mass is 79.9. The Kier molecular flexibility index (Phi) is 3.57. The molecular weight excluding hydrogens is 302 g/mol. The minimum Gasteiger partial charge on any atom is -0.289 e. The molecule has 0 aliphatic heterocycles. The first-order valence-corrected chi connectivity index (χ1v) is 6.05. The molecule has 0 aliphatic carbocycles. The van der Waals surface area contributed by atoms with E-state index in [-0.39, 0.29) is 15.8 Å². The van der Waals surface area contributed by atoms with Crippen LogP contribution in [0.2, 0.25) is 0 Å². The molecule has 2 aromatic carbocycles. The van der Waals surface area contributed by atoms with Crippen molar-refractivity contribution in [3.63, 3.8) is 0 Å². The molecule has 0 radical (unpaired) electrons. The minimum absolute atomic E-state index is 0.124. The van der Waals surface area contributed by atoms with Crippen molar-refractivity contribution in [1.82, 2.24) is 0 Å². The summed E-state index contributed by atoms with van der Waals surface area (Å²) in [5.41, 5.74) is 1.11. The molecule has 0 heterocycles. The molecule has 0 fully saturated rings. The minimum atomic E-state index is -0.499. The summed E-state index contributed by atoms with van der Waals surface area (Å²) in [5, 5.41) is 0. The SMILES string of the molecule is Cc1cc(F)ccc1C(=O)c1cccc(F)c1Br.